The second-order valence-electron chi connectivity index (χ2n) is 4.32. The number of hydrogen-bond donors (Lipinski definition) is 1. The van der Waals surface area contributed by atoms with Crippen LogP contribution in [0.4, 0.5) is 5.69 Å². The van der Waals surface area contributed by atoms with Crippen molar-refractivity contribution in [3.8, 4) is 0 Å². The van der Waals surface area contributed by atoms with Gasteiger partial charge in [0, 0.05) is 19.2 Å². The molecule has 1 aliphatic rings. The zero-order valence-corrected chi connectivity index (χ0v) is 12.8. The average Bonchev–Trinajstić information content (AvgIpc) is 2.81. The maximum absolute atomic E-state index is 12.0. The van der Waals surface area contributed by atoms with Crippen molar-refractivity contribution >= 4 is 38.6 Å². The predicted octanol–water partition coefficient (Wildman–Crippen LogP) is 2.16. The zero-order chi connectivity index (χ0) is 14.8. The van der Waals surface area contributed by atoms with Crippen LogP contribution in [0.2, 0.25) is 4.34 Å². The van der Waals surface area contributed by atoms with Crippen molar-refractivity contribution in [2.45, 2.75) is 29.6 Å². The number of halogens is 1. The van der Waals surface area contributed by atoms with Crippen LogP contribution in [0.5, 0.6) is 0 Å². The molecule has 2 heterocycles. The number of ether oxygens (including phenoxy) is 1. The van der Waals surface area contributed by atoms with Gasteiger partial charge in [-0.25, -0.2) is 13.1 Å². The highest BCUT2D eigenvalue weighted by molar-refractivity contribution is 7.91. The Labute approximate surface area is 125 Å². The fourth-order valence-corrected chi connectivity index (χ4v) is 4.61. The summed E-state index contributed by atoms with van der Waals surface area (Å²) in [4.78, 5) is 9.95. The topological polar surface area (TPSA) is 98.5 Å². The number of hydrogen-bond acceptors (Lipinski definition) is 6. The molecule has 1 saturated heterocycles. The first-order chi connectivity index (χ1) is 9.40. The van der Waals surface area contributed by atoms with E-state index in [2.05, 4.69) is 4.72 Å². The highest BCUT2D eigenvalue weighted by atomic mass is 35.5. The second-order valence-corrected chi connectivity index (χ2v) is 7.97. The maximum Gasteiger partial charge on any atom is 0.300 e. The van der Waals surface area contributed by atoms with Crippen molar-refractivity contribution in [3.63, 3.8) is 0 Å². The summed E-state index contributed by atoms with van der Waals surface area (Å²) in [6, 6.07) is 0.969. The molecule has 1 aromatic rings. The first-order valence-corrected chi connectivity index (χ1v) is 8.63. The number of nitrogens with zero attached hydrogens (tertiary/aromatic N) is 1. The largest absolute Gasteiger partial charge is 0.377 e. The summed E-state index contributed by atoms with van der Waals surface area (Å²) in [6.45, 7) is 0.786. The van der Waals surface area contributed by atoms with Crippen molar-refractivity contribution in [1.29, 1.82) is 0 Å². The van der Waals surface area contributed by atoms with Crippen LogP contribution in [0, 0.1) is 10.1 Å². The van der Waals surface area contributed by atoms with Gasteiger partial charge in [-0.3, -0.25) is 10.1 Å². The van der Waals surface area contributed by atoms with E-state index in [-0.39, 0.29) is 21.2 Å². The first kappa shape index (κ1) is 15.6. The maximum atomic E-state index is 12.0. The van der Waals surface area contributed by atoms with E-state index in [0.29, 0.717) is 17.9 Å². The van der Waals surface area contributed by atoms with Gasteiger partial charge in [-0.2, -0.15) is 0 Å². The van der Waals surface area contributed by atoms with Gasteiger partial charge in [0.05, 0.1) is 11.0 Å². The molecule has 0 saturated carbocycles. The minimum Gasteiger partial charge on any atom is -0.377 e. The van der Waals surface area contributed by atoms with Crippen LogP contribution in [0.15, 0.2) is 10.3 Å². The predicted molar refractivity (Wildman–Crippen MR) is 74.8 cm³/mol. The van der Waals surface area contributed by atoms with Gasteiger partial charge >= 0.3 is 0 Å². The minimum atomic E-state index is -3.80. The Morgan fingerprint density at radius 1 is 1.55 bits per heavy atom. The van der Waals surface area contributed by atoms with Crippen molar-refractivity contribution < 1.29 is 18.1 Å². The van der Waals surface area contributed by atoms with Crippen molar-refractivity contribution in [1.82, 2.24) is 4.72 Å². The van der Waals surface area contributed by atoms with Gasteiger partial charge in [-0.1, -0.05) is 11.6 Å². The van der Waals surface area contributed by atoms with E-state index in [1.165, 1.54) is 0 Å². The molecule has 2 rings (SSSR count). The molecule has 1 aliphatic heterocycles. The number of nitro groups is 1. The van der Waals surface area contributed by atoms with Crippen molar-refractivity contribution in [2.75, 3.05) is 13.2 Å². The molecule has 1 fully saturated rings. The van der Waals surface area contributed by atoms with E-state index in [9.17, 15) is 18.5 Å². The van der Waals surface area contributed by atoms with E-state index in [1.807, 2.05) is 0 Å². The molecular weight excluding hydrogens is 328 g/mol. The fraction of sp³-hybridized carbons (Fsp3) is 0.600. The molecule has 1 atom stereocenters. The summed E-state index contributed by atoms with van der Waals surface area (Å²) >= 11 is 6.32. The molecule has 7 nitrogen and oxygen atoms in total. The quantitative estimate of drug-likeness (QED) is 0.654. The third-order valence-corrected chi connectivity index (χ3v) is 6.12. The molecular formula is C10H13ClN2O5S2. The molecule has 0 bridgehead atoms. The Hall–Kier alpha value is -0.740. The SMILES string of the molecule is O=[N+]([O-])c1cc(S(=O)(=O)NCC2CCCCO2)sc1Cl. The molecule has 1 unspecified atom stereocenters. The number of thiophene rings is 1. The summed E-state index contributed by atoms with van der Waals surface area (Å²) < 4.78 is 31.6. The Balaban J connectivity index is 2.06. The van der Waals surface area contributed by atoms with Gasteiger partial charge < -0.3 is 4.74 Å². The Kier molecular flexibility index (Phi) is 4.97. The lowest BCUT2D eigenvalue weighted by Gasteiger charge is -2.22. The van der Waals surface area contributed by atoms with Crippen LogP contribution in [-0.4, -0.2) is 32.6 Å². The average molecular weight is 341 g/mol. The first-order valence-electron chi connectivity index (χ1n) is 5.95. The summed E-state index contributed by atoms with van der Waals surface area (Å²) in [5.74, 6) is 0. The van der Waals surface area contributed by atoms with Gasteiger partial charge in [0.25, 0.3) is 5.69 Å². The molecule has 1 aromatic heterocycles. The van der Waals surface area contributed by atoms with Crippen LogP contribution in [-0.2, 0) is 14.8 Å². The van der Waals surface area contributed by atoms with E-state index < -0.39 is 20.6 Å². The van der Waals surface area contributed by atoms with Crippen LogP contribution in [0.3, 0.4) is 0 Å². The minimum absolute atomic E-state index is 0.149. The Morgan fingerprint density at radius 2 is 2.30 bits per heavy atom. The molecule has 0 aliphatic carbocycles. The summed E-state index contributed by atoms with van der Waals surface area (Å²) in [5, 5.41) is 10.7. The van der Waals surface area contributed by atoms with Crippen LogP contribution < -0.4 is 4.72 Å². The standard InChI is InChI=1S/C10H13ClN2O5S2/c11-10-8(13(14)15)5-9(19-10)20(16,17)12-6-7-3-1-2-4-18-7/h5,7,12H,1-4,6H2. The summed E-state index contributed by atoms with van der Waals surface area (Å²) in [6.07, 6.45) is 2.64. The third-order valence-electron chi connectivity index (χ3n) is 2.88. The van der Waals surface area contributed by atoms with E-state index in [1.54, 1.807) is 0 Å². The molecule has 0 radical (unpaired) electrons. The molecule has 0 spiro atoms. The highest BCUT2D eigenvalue weighted by Crippen LogP contribution is 2.36. The van der Waals surface area contributed by atoms with Gasteiger partial charge in [0.15, 0.2) is 4.34 Å². The monoisotopic (exact) mass is 340 g/mol. The van der Waals surface area contributed by atoms with E-state index in [4.69, 9.17) is 16.3 Å². The lowest BCUT2D eigenvalue weighted by atomic mass is 10.1. The number of rotatable bonds is 5. The molecule has 10 heteroatoms. The lowest BCUT2D eigenvalue weighted by molar-refractivity contribution is -0.384. The van der Waals surface area contributed by atoms with Gasteiger partial charge in [-0.05, 0) is 19.3 Å². The summed E-state index contributed by atoms with van der Waals surface area (Å²) in [7, 11) is -3.80. The van der Waals surface area contributed by atoms with Crippen LogP contribution >= 0.6 is 22.9 Å². The normalized spacial score (nSPS) is 19.9. The van der Waals surface area contributed by atoms with Crippen molar-refractivity contribution in [2.24, 2.45) is 0 Å². The molecule has 0 amide bonds. The van der Waals surface area contributed by atoms with Crippen molar-refractivity contribution in [3.05, 3.63) is 20.5 Å². The second kappa shape index (κ2) is 6.35. The van der Waals surface area contributed by atoms with Gasteiger partial charge in [0.2, 0.25) is 10.0 Å². The lowest BCUT2D eigenvalue weighted by Crippen LogP contribution is -2.35. The highest BCUT2D eigenvalue weighted by Gasteiger charge is 2.26. The van der Waals surface area contributed by atoms with E-state index >= 15 is 0 Å². The number of nitrogens with one attached hydrogen (secondary N) is 1. The zero-order valence-electron chi connectivity index (χ0n) is 10.4. The molecule has 0 aromatic carbocycles. The van der Waals surface area contributed by atoms with Gasteiger partial charge in [-0.15, -0.1) is 11.3 Å². The van der Waals surface area contributed by atoms with E-state index in [0.717, 1.165) is 25.3 Å². The third kappa shape index (κ3) is 3.67. The molecule has 1 N–H and O–H groups in total. The van der Waals surface area contributed by atoms with Crippen LogP contribution in [0.25, 0.3) is 0 Å². The Bertz CT molecular complexity index is 595. The molecule has 112 valence electrons. The summed E-state index contributed by atoms with van der Waals surface area (Å²) in [5.41, 5.74) is -0.397. The number of sulfonamides is 1. The smallest absolute Gasteiger partial charge is 0.300 e. The van der Waals surface area contributed by atoms with Gasteiger partial charge in [0.1, 0.15) is 4.21 Å². The molecule has 20 heavy (non-hydrogen) atoms. The van der Waals surface area contributed by atoms with Crippen LogP contribution in [0.1, 0.15) is 19.3 Å². The fourth-order valence-electron chi connectivity index (χ4n) is 1.84. The Morgan fingerprint density at radius 3 is 2.85 bits per heavy atom.